The van der Waals surface area contributed by atoms with Crippen molar-refractivity contribution in [1.29, 1.82) is 0 Å². The molecule has 2 aromatic heterocycles. The number of carbonyl (C=O) groups excluding carboxylic acids is 2. The van der Waals surface area contributed by atoms with Gasteiger partial charge in [0, 0.05) is 18.3 Å². The van der Waals surface area contributed by atoms with Gasteiger partial charge in [-0.1, -0.05) is 36.4 Å². The first-order valence-electron chi connectivity index (χ1n) is 15.2. The molecule has 2 unspecified atom stereocenters. The standard InChI is InChI=1S/C32H37FN6O4S/c1-30-13-18-15-35-39(21-7-5-20(33)6-8-21)25(18)12-19(30)4-9-22-23-10-11-32(29(42)44-17-34,31(23,2)14-26(40)27(22)30)43-28(41)24-16-38(3)37-36-24/h5-8,12,15-16,22-23,26-27,40H,4,9-11,13-14,17,34H2,1-3H3/t22-,23?,26-,27?,30-,31-,32-/m0/s1. The molecule has 3 saturated carbocycles. The van der Waals surface area contributed by atoms with Gasteiger partial charge in [0.2, 0.25) is 5.12 Å². The Morgan fingerprint density at radius 3 is 2.70 bits per heavy atom. The van der Waals surface area contributed by atoms with Crippen LogP contribution < -0.4 is 5.73 Å². The minimum Gasteiger partial charge on any atom is -0.445 e. The van der Waals surface area contributed by atoms with E-state index >= 15 is 0 Å². The second-order valence-corrected chi connectivity index (χ2v) is 14.4. The van der Waals surface area contributed by atoms with Crippen LogP contribution in [0.4, 0.5) is 4.39 Å². The Morgan fingerprint density at radius 2 is 2.00 bits per heavy atom. The number of rotatable bonds is 5. The van der Waals surface area contributed by atoms with Crippen molar-refractivity contribution in [3.63, 3.8) is 0 Å². The number of nitrogens with two attached hydrogens (primary N) is 1. The number of allylic oxidation sites excluding steroid dienone is 1. The molecule has 7 rings (SSSR count). The van der Waals surface area contributed by atoms with E-state index in [1.807, 2.05) is 17.8 Å². The number of aliphatic hydroxyl groups is 1. The van der Waals surface area contributed by atoms with E-state index in [4.69, 9.17) is 10.5 Å². The second kappa shape index (κ2) is 10.3. The Labute approximate surface area is 259 Å². The minimum atomic E-state index is -1.44. The van der Waals surface area contributed by atoms with Gasteiger partial charge in [0.1, 0.15) is 5.82 Å². The molecule has 2 heterocycles. The molecule has 12 heteroatoms. The molecule has 4 aliphatic carbocycles. The van der Waals surface area contributed by atoms with Crippen LogP contribution in [0.5, 0.6) is 0 Å². The van der Waals surface area contributed by atoms with Crippen molar-refractivity contribution in [1.82, 2.24) is 24.8 Å². The van der Waals surface area contributed by atoms with E-state index in [-0.39, 0.29) is 45.7 Å². The van der Waals surface area contributed by atoms with Crippen LogP contribution in [-0.4, -0.2) is 58.5 Å². The highest BCUT2D eigenvalue weighted by atomic mass is 32.2. The summed E-state index contributed by atoms with van der Waals surface area (Å²) in [6.07, 6.45) is 8.70. The van der Waals surface area contributed by atoms with Crippen molar-refractivity contribution >= 4 is 28.9 Å². The Bertz CT molecular complexity index is 1670. The van der Waals surface area contributed by atoms with Gasteiger partial charge in [0.15, 0.2) is 11.3 Å². The van der Waals surface area contributed by atoms with E-state index in [9.17, 15) is 19.1 Å². The van der Waals surface area contributed by atoms with E-state index in [1.165, 1.54) is 28.6 Å². The molecule has 0 amide bonds. The predicted molar refractivity (Wildman–Crippen MR) is 162 cm³/mol. The number of fused-ring (bicyclic) bond motifs is 6. The highest BCUT2D eigenvalue weighted by molar-refractivity contribution is 8.13. The molecule has 1 aromatic carbocycles. The molecule has 3 fully saturated rings. The fourth-order valence-corrected chi connectivity index (χ4v) is 10.1. The molecule has 3 N–H and O–H groups in total. The zero-order chi connectivity index (χ0) is 31.0. The third-order valence-corrected chi connectivity index (χ3v) is 12.0. The molecule has 0 aliphatic heterocycles. The van der Waals surface area contributed by atoms with E-state index in [0.717, 1.165) is 48.0 Å². The van der Waals surface area contributed by atoms with Gasteiger partial charge < -0.3 is 15.6 Å². The summed E-state index contributed by atoms with van der Waals surface area (Å²) in [5.41, 5.74) is 7.51. The molecule has 0 bridgehead atoms. The zero-order valence-electron chi connectivity index (χ0n) is 25.1. The Morgan fingerprint density at radius 1 is 1.23 bits per heavy atom. The fourth-order valence-electron chi connectivity index (χ4n) is 9.35. The summed E-state index contributed by atoms with van der Waals surface area (Å²) in [5, 5.41) is 24.2. The van der Waals surface area contributed by atoms with Crippen LogP contribution in [0.15, 0.2) is 42.2 Å². The summed E-state index contributed by atoms with van der Waals surface area (Å²) in [6.45, 7) is 4.27. The summed E-state index contributed by atoms with van der Waals surface area (Å²) in [5.74, 6) is -0.756. The van der Waals surface area contributed by atoms with Crippen molar-refractivity contribution in [2.24, 2.45) is 41.4 Å². The molecule has 3 aromatic rings. The summed E-state index contributed by atoms with van der Waals surface area (Å²) >= 11 is 0.965. The molecule has 7 atom stereocenters. The Hall–Kier alpha value is -3.35. The summed E-state index contributed by atoms with van der Waals surface area (Å²) in [6, 6.07) is 6.33. The van der Waals surface area contributed by atoms with E-state index in [0.29, 0.717) is 19.3 Å². The highest BCUT2D eigenvalue weighted by Gasteiger charge is 2.70. The molecule has 44 heavy (non-hydrogen) atoms. The van der Waals surface area contributed by atoms with Gasteiger partial charge >= 0.3 is 5.97 Å². The van der Waals surface area contributed by atoms with E-state index in [2.05, 4.69) is 28.4 Å². The third-order valence-electron chi connectivity index (χ3n) is 11.2. The van der Waals surface area contributed by atoms with Crippen LogP contribution in [0.1, 0.15) is 67.7 Å². The van der Waals surface area contributed by atoms with Crippen molar-refractivity contribution < 1.29 is 23.8 Å². The molecular formula is C32H37FN6O4S. The molecule has 10 nitrogen and oxygen atoms in total. The maximum absolute atomic E-state index is 13.9. The van der Waals surface area contributed by atoms with Gasteiger partial charge in [-0.2, -0.15) is 5.10 Å². The lowest BCUT2D eigenvalue weighted by Crippen LogP contribution is -2.62. The fraction of sp³-hybridized carbons (Fsp3) is 0.531. The number of aryl methyl sites for hydroxylation is 1. The van der Waals surface area contributed by atoms with Gasteiger partial charge in [-0.15, -0.1) is 5.10 Å². The third kappa shape index (κ3) is 4.17. The number of carbonyl (C=O) groups is 2. The normalized spacial score (nSPS) is 33.9. The summed E-state index contributed by atoms with van der Waals surface area (Å²) in [7, 11) is 1.66. The van der Waals surface area contributed by atoms with Crippen LogP contribution in [0.2, 0.25) is 0 Å². The lowest BCUT2D eigenvalue weighted by atomic mass is 9.45. The zero-order valence-corrected chi connectivity index (χ0v) is 25.9. The van der Waals surface area contributed by atoms with Crippen LogP contribution >= 0.6 is 11.8 Å². The molecular weight excluding hydrogens is 583 g/mol. The number of hydrogen-bond acceptors (Lipinski definition) is 9. The second-order valence-electron chi connectivity index (χ2n) is 13.4. The van der Waals surface area contributed by atoms with Gasteiger partial charge in [0.05, 0.1) is 29.9 Å². The monoisotopic (exact) mass is 620 g/mol. The number of nitrogens with zero attached hydrogens (tertiary/aromatic N) is 5. The van der Waals surface area contributed by atoms with Gasteiger partial charge in [-0.05, 0) is 97.6 Å². The molecule has 232 valence electrons. The topological polar surface area (TPSA) is 138 Å². The Kier molecular flexibility index (Phi) is 6.91. The number of aliphatic hydroxyl groups excluding tert-OH is 1. The molecule has 0 saturated heterocycles. The number of esters is 1. The average Bonchev–Trinajstić information content (AvgIpc) is 3.67. The van der Waals surface area contributed by atoms with Crippen LogP contribution in [0.3, 0.4) is 0 Å². The van der Waals surface area contributed by atoms with Gasteiger partial charge in [-0.25, -0.2) is 13.9 Å². The first kappa shape index (κ1) is 29.4. The maximum Gasteiger partial charge on any atom is 0.361 e. The highest BCUT2D eigenvalue weighted by Crippen LogP contribution is 2.69. The molecule has 0 radical (unpaired) electrons. The summed E-state index contributed by atoms with van der Waals surface area (Å²) in [4.78, 5) is 27.2. The van der Waals surface area contributed by atoms with Crippen molar-refractivity contribution in [2.75, 3.05) is 5.88 Å². The average molecular weight is 621 g/mol. The first-order valence-corrected chi connectivity index (χ1v) is 16.2. The molecule has 4 aliphatic rings. The number of benzene rings is 1. The SMILES string of the molecule is Cn1cc(C(=O)O[C@]2(C(=O)SCN)CCC3[C@@H]4CCC5=Cc6c(cnn6-c6ccc(F)cc6)C[C@]5(C)C4[C@@H](O)C[C@@]32C)nn1. The van der Waals surface area contributed by atoms with Gasteiger partial charge in [-0.3, -0.25) is 9.48 Å². The quantitative estimate of drug-likeness (QED) is 0.319. The van der Waals surface area contributed by atoms with Gasteiger partial charge in [0.25, 0.3) is 0 Å². The maximum atomic E-state index is 13.9. The number of thioether (sulfide) groups is 1. The van der Waals surface area contributed by atoms with Crippen molar-refractivity contribution in [2.45, 2.75) is 64.1 Å². The Balaban J connectivity index is 1.23. The summed E-state index contributed by atoms with van der Waals surface area (Å²) < 4.78 is 23.1. The van der Waals surface area contributed by atoms with Crippen LogP contribution in [-0.2, 0) is 23.0 Å². The van der Waals surface area contributed by atoms with Crippen molar-refractivity contribution in [3.8, 4) is 5.69 Å². The number of halogens is 1. The lowest BCUT2D eigenvalue weighted by molar-refractivity contribution is -0.174. The smallest absolute Gasteiger partial charge is 0.361 e. The number of ether oxygens (including phenoxy) is 1. The van der Waals surface area contributed by atoms with Crippen LogP contribution in [0, 0.1) is 34.4 Å². The van der Waals surface area contributed by atoms with Crippen molar-refractivity contribution in [3.05, 3.63) is 65.0 Å². The lowest BCUT2D eigenvalue weighted by Gasteiger charge is -2.60. The largest absolute Gasteiger partial charge is 0.445 e. The first-order chi connectivity index (χ1) is 21.0. The number of hydrogen-bond donors (Lipinski definition) is 2. The van der Waals surface area contributed by atoms with Crippen LogP contribution in [0.25, 0.3) is 11.8 Å². The van der Waals surface area contributed by atoms with E-state index < -0.39 is 23.1 Å². The predicted octanol–water partition coefficient (Wildman–Crippen LogP) is 4.06. The van der Waals surface area contributed by atoms with E-state index in [1.54, 1.807) is 19.2 Å². The molecule has 0 spiro atoms. The minimum absolute atomic E-state index is 0.0355. The number of aromatic nitrogens is 5.